The minimum Gasteiger partial charge on any atom is -0.0654 e. The van der Waals surface area contributed by atoms with Crippen molar-refractivity contribution in [3.8, 4) is 0 Å². The molecule has 21 heavy (non-hydrogen) atoms. The summed E-state index contributed by atoms with van der Waals surface area (Å²) >= 11 is 0. The Bertz CT molecular complexity index is 234. The number of hydrogen-bond donors (Lipinski definition) is 0. The maximum Gasteiger partial charge on any atom is -0.0391 e. The second-order valence-electron chi connectivity index (χ2n) is 8.22. The van der Waals surface area contributed by atoms with Crippen LogP contribution in [0.1, 0.15) is 105 Å². The summed E-state index contributed by atoms with van der Waals surface area (Å²) < 4.78 is 0. The van der Waals surface area contributed by atoms with E-state index in [1.165, 1.54) is 70.6 Å². The first kappa shape index (κ1) is 19.0. The van der Waals surface area contributed by atoms with Crippen LogP contribution in [0.3, 0.4) is 0 Å². The van der Waals surface area contributed by atoms with Crippen molar-refractivity contribution in [2.45, 2.75) is 105 Å². The normalized spacial score (nSPS) is 28.7. The van der Waals surface area contributed by atoms with Gasteiger partial charge in [0.25, 0.3) is 0 Å². The van der Waals surface area contributed by atoms with Gasteiger partial charge >= 0.3 is 0 Å². The van der Waals surface area contributed by atoms with Crippen LogP contribution in [0, 0.1) is 29.6 Å². The fraction of sp³-hybridized carbons (Fsp3) is 1.00. The van der Waals surface area contributed by atoms with Crippen molar-refractivity contribution in [2.24, 2.45) is 29.6 Å². The molecule has 0 bridgehead atoms. The predicted octanol–water partition coefficient (Wildman–Crippen LogP) is 7.47. The molecule has 4 atom stereocenters. The molecule has 0 aromatic carbocycles. The Morgan fingerprint density at radius 1 is 0.857 bits per heavy atom. The number of unbranched alkanes of at least 4 members (excludes halogenated alkanes) is 3. The minimum atomic E-state index is 0.952. The summed E-state index contributed by atoms with van der Waals surface area (Å²) in [5.41, 5.74) is 0. The molecule has 1 fully saturated rings. The molecule has 0 aromatic heterocycles. The summed E-state index contributed by atoms with van der Waals surface area (Å²) in [5.74, 6) is 4.96. The standard InChI is InChI=1S/C21H42/c1-6-8-9-12-17(3)21(7-2)14-11-10-13-20-15-18(4)19(5)16-20/h17-21H,6-16H2,1-5H3. The zero-order chi connectivity index (χ0) is 15.7. The molecule has 1 aliphatic carbocycles. The van der Waals surface area contributed by atoms with Gasteiger partial charge in [-0.15, -0.1) is 0 Å². The lowest BCUT2D eigenvalue weighted by molar-refractivity contribution is 0.288. The van der Waals surface area contributed by atoms with Crippen molar-refractivity contribution in [3.63, 3.8) is 0 Å². The van der Waals surface area contributed by atoms with Gasteiger partial charge in [-0.25, -0.2) is 0 Å². The van der Waals surface area contributed by atoms with Crippen molar-refractivity contribution in [3.05, 3.63) is 0 Å². The second-order valence-corrected chi connectivity index (χ2v) is 8.22. The molecule has 0 aliphatic heterocycles. The Labute approximate surface area is 135 Å². The van der Waals surface area contributed by atoms with Gasteiger partial charge in [0.2, 0.25) is 0 Å². The van der Waals surface area contributed by atoms with Crippen molar-refractivity contribution in [1.82, 2.24) is 0 Å². The lowest BCUT2D eigenvalue weighted by Crippen LogP contribution is -2.11. The molecule has 0 heteroatoms. The first-order valence-corrected chi connectivity index (χ1v) is 10.1. The second kappa shape index (κ2) is 10.7. The summed E-state index contributed by atoms with van der Waals surface area (Å²) in [7, 11) is 0. The van der Waals surface area contributed by atoms with Crippen molar-refractivity contribution in [1.29, 1.82) is 0 Å². The molecule has 0 aromatic rings. The topological polar surface area (TPSA) is 0 Å². The van der Waals surface area contributed by atoms with E-state index in [0.29, 0.717) is 0 Å². The molecule has 1 aliphatic rings. The molecule has 0 spiro atoms. The molecule has 1 saturated carbocycles. The first-order valence-electron chi connectivity index (χ1n) is 10.1. The highest BCUT2D eigenvalue weighted by Gasteiger charge is 2.27. The SMILES string of the molecule is CCCCCC(C)C(CC)CCCCC1CC(C)C(C)C1. The highest BCUT2D eigenvalue weighted by Crippen LogP contribution is 2.38. The van der Waals surface area contributed by atoms with Crippen LogP contribution in [-0.2, 0) is 0 Å². The highest BCUT2D eigenvalue weighted by atomic mass is 14.3. The molecular formula is C21H42. The third kappa shape index (κ3) is 7.20. The highest BCUT2D eigenvalue weighted by molar-refractivity contribution is 4.78. The minimum absolute atomic E-state index is 0.952. The van der Waals surface area contributed by atoms with Gasteiger partial charge in [-0.1, -0.05) is 92.4 Å². The monoisotopic (exact) mass is 294 g/mol. The van der Waals surface area contributed by atoms with Gasteiger partial charge in [0.15, 0.2) is 0 Å². The Morgan fingerprint density at radius 3 is 2.05 bits per heavy atom. The van der Waals surface area contributed by atoms with Gasteiger partial charge < -0.3 is 0 Å². The summed E-state index contributed by atoms with van der Waals surface area (Å²) in [6.07, 6.45) is 16.1. The average molecular weight is 295 g/mol. The van der Waals surface area contributed by atoms with Gasteiger partial charge in [-0.05, 0) is 42.4 Å². The van der Waals surface area contributed by atoms with Gasteiger partial charge in [0.05, 0.1) is 0 Å². The maximum atomic E-state index is 2.50. The third-order valence-corrected chi connectivity index (χ3v) is 6.41. The van der Waals surface area contributed by atoms with Gasteiger partial charge in [-0.3, -0.25) is 0 Å². The third-order valence-electron chi connectivity index (χ3n) is 6.41. The molecular weight excluding hydrogens is 252 g/mol. The van der Waals surface area contributed by atoms with Crippen LogP contribution in [0.15, 0.2) is 0 Å². The summed E-state index contributed by atoms with van der Waals surface area (Å²) in [4.78, 5) is 0. The van der Waals surface area contributed by atoms with Gasteiger partial charge in [0, 0.05) is 0 Å². The van der Waals surface area contributed by atoms with Crippen molar-refractivity contribution >= 4 is 0 Å². The number of rotatable bonds is 11. The fourth-order valence-electron chi connectivity index (χ4n) is 4.53. The van der Waals surface area contributed by atoms with Crippen LogP contribution in [-0.4, -0.2) is 0 Å². The largest absolute Gasteiger partial charge is 0.0654 e. The number of hydrogen-bond acceptors (Lipinski definition) is 0. The van der Waals surface area contributed by atoms with Crippen LogP contribution in [0.25, 0.3) is 0 Å². The maximum absolute atomic E-state index is 2.50. The summed E-state index contributed by atoms with van der Waals surface area (Å²) in [6.45, 7) is 12.1. The molecule has 0 saturated heterocycles. The van der Waals surface area contributed by atoms with E-state index < -0.39 is 0 Å². The molecule has 0 radical (unpaired) electrons. The van der Waals surface area contributed by atoms with Crippen LogP contribution >= 0.6 is 0 Å². The van der Waals surface area contributed by atoms with Crippen LogP contribution in [0.5, 0.6) is 0 Å². The Kier molecular flexibility index (Phi) is 9.69. The molecule has 1 rings (SSSR count). The van der Waals surface area contributed by atoms with E-state index in [0.717, 1.165) is 29.6 Å². The van der Waals surface area contributed by atoms with Crippen LogP contribution < -0.4 is 0 Å². The molecule has 0 heterocycles. The molecule has 126 valence electrons. The summed E-state index contributed by atoms with van der Waals surface area (Å²) in [6, 6.07) is 0. The zero-order valence-corrected chi connectivity index (χ0v) is 15.7. The van der Waals surface area contributed by atoms with Gasteiger partial charge in [0.1, 0.15) is 0 Å². The van der Waals surface area contributed by atoms with Crippen molar-refractivity contribution in [2.75, 3.05) is 0 Å². The van der Waals surface area contributed by atoms with E-state index in [1.807, 2.05) is 0 Å². The fourth-order valence-corrected chi connectivity index (χ4v) is 4.53. The van der Waals surface area contributed by atoms with E-state index in [9.17, 15) is 0 Å². The quantitative estimate of drug-likeness (QED) is 0.347. The molecule has 0 amide bonds. The van der Waals surface area contributed by atoms with Crippen molar-refractivity contribution < 1.29 is 0 Å². The lowest BCUT2D eigenvalue weighted by atomic mass is 9.83. The first-order chi connectivity index (χ1) is 10.1. The smallest absolute Gasteiger partial charge is 0.0391 e. The van der Waals surface area contributed by atoms with E-state index in [1.54, 1.807) is 0 Å². The van der Waals surface area contributed by atoms with Gasteiger partial charge in [-0.2, -0.15) is 0 Å². The molecule has 0 nitrogen and oxygen atoms in total. The Morgan fingerprint density at radius 2 is 1.48 bits per heavy atom. The van der Waals surface area contributed by atoms with E-state index >= 15 is 0 Å². The van der Waals surface area contributed by atoms with Crippen LogP contribution in [0.2, 0.25) is 0 Å². The zero-order valence-electron chi connectivity index (χ0n) is 15.7. The molecule has 0 N–H and O–H groups in total. The lowest BCUT2D eigenvalue weighted by Gasteiger charge is -2.23. The summed E-state index contributed by atoms with van der Waals surface area (Å²) in [5, 5.41) is 0. The molecule has 4 unspecified atom stereocenters. The predicted molar refractivity (Wildman–Crippen MR) is 96.6 cm³/mol. The van der Waals surface area contributed by atoms with Crippen LogP contribution in [0.4, 0.5) is 0 Å². The van der Waals surface area contributed by atoms with E-state index in [-0.39, 0.29) is 0 Å². The van der Waals surface area contributed by atoms with E-state index in [2.05, 4.69) is 34.6 Å². The van der Waals surface area contributed by atoms with E-state index in [4.69, 9.17) is 0 Å². The average Bonchev–Trinajstić information content (AvgIpc) is 2.78. The Hall–Kier alpha value is 0. The Balaban J connectivity index is 2.11.